The number of rotatable bonds is 36. The van der Waals surface area contributed by atoms with Crippen LogP contribution in [0.1, 0.15) is 172 Å². The number of nitrogens with two attached hydrogens (primary N) is 1. The number of methoxy groups -OCH3 is 1. The van der Waals surface area contributed by atoms with Crippen LogP contribution in [0.15, 0.2) is 24.3 Å². The van der Waals surface area contributed by atoms with E-state index in [4.69, 9.17) is 15.2 Å². The Kier molecular flexibility index (Phi) is 31.2. The summed E-state index contributed by atoms with van der Waals surface area (Å²) in [6.45, 7) is 18.2. The summed E-state index contributed by atoms with van der Waals surface area (Å²) in [5.74, 6) is -16.5. The lowest BCUT2D eigenvalue weighted by Crippen LogP contribution is -2.57. The summed E-state index contributed by atoms with van der Waals surface area (Å²) < 4.78 is 25.3. The van der Waals surface area contributed by atoms with E-state index in [1.165, 1.54) is 20.8 Å². The van der Waals surface area contributed by atoms with Gasteiger partial charge in [0.25, 0.3) is 0 Å². The number of ether oxygens (including phenoxy) is 2. The fourth-order valence-electron chi connectivity index (χ4n) is 11.2. The van der Waals surface area contributed by atoms with Crippen LogP contribution in [0.2, 0.25) is 0 Å². The van der Waals surface area contributed by atoms with Crippen LogP contribution in [-0.2, 0) is 68.7 Å². The van der Waals surface area contributed by atoms with Crippen LogP contribution in [0.5, 0.6) is 5.75 Å². The third-order valence-electron chi connectivity index (χ3n) is 18.4. The highest BCUT2D eigenvalue weighted by molar-refractivity contribution is 6.01. The Morgan fingerprint density at radius 2 is 1.26 bits per heavy atom. The topological polar surface area (TPSA) is 362 Å². The number of amides is 7. The van der Waals surface area contributed by atoms with Gasteiger partial charge in [-0.3, -0.25) is 52.7 Å². The largest absolute Gasteiger partial charge is 0.497 e. The average molecular weight is 1260 g/mol. The molecule has 89 heavy (non-hydrogen) atoms. The third-order valence-corrected chi connectivity index (χ3v) is 18.4. The van der Waals surface area contributed by atoms with Crippen LogP contribution in [0, 0.1) is 59.2 Å². The van der Waals surface area contributed by atoms with Gasteiger partial charge >= 0.3 is 5.97 Å². The Hall–Kier alpha value is -6.69. The van der Waals surface area contributed by atoms with Gasteiger partial charge in [-0.25, -0.2) is 9.18 Å². The number of benzene rings is 1. The number of hydrogen-bond donors (Lipinski definition) is 9. The van der Waals surface area contributed by atoms with Gasteiger partial charge in [-0.05, 0) is 93.2 Å². The fourth-order valence-corrected chi connectivity index (χ4v) is 11.2. The Labute approximate surface area is 524 Å². The first kappa shape index (κ1) is 76.6. The standard InChI is InChI=1S/C65H102FN7O16/c1-14-34(6)47(30-49(76)48(23-24-53(67)80)68-60(83)43(32-74)28-51(78)54(35(7)15-2)69-59(82)42(18-5)27-41-19-21-46(88-13)22-20-41)62(85)70-55(36(8)16-3)52(79)29-44(33-75)61(84)71-57-40(12)89-63(86)56(37(9)17-4)72-64(87)65(31-45(65)26-39(11)66)73-58(81)38(10)25-50(57)77/h19-22,34-40,42-45,47-48,54-57,74-75H,14-18,23-33H2,1-13H3,(H2,67,80)(H,68,83)(H,69,82)(H,70,85)(H,71,84)(H,72,87)(H,73,81)/t34-,35-,36-,37-,38+,39?,40-,42+,43-,44-,45+,47+,48+,54-,55-,56-,57+,65+/m0/s1. The number of halogens is 1. The summed E-state index contributed by atoms with van der Waals surface area (Å²) in [5.41, 5.74) is 4.84. The number of Topliss-reactive ketones (excluding diaryl/α,β-unsaturated/α-hetero) is 4. The fraction of sp³-hybridized carbons (Fsp3) is 0.723. The highest BCUT2D eigenvalue weighted by atomic mass is 19.1. The predicted octanol–water partition coefficient (Wildman–Crippen LogP) is 4.01. The molecule has 7 amide bonds. The van der Waals surface area contributed by atoms with Crippen molar-refractivity contribution in [3.63, 3.8) is 0 Å². The summed E-state index contributed by atoms with van der Waals surface area (Å²) in [4.78, 5) is 167. The van der Waals surface area contributed by atoms with Crippen molar-refractivity contribution < 1.29 is 81.6 Å². The average Bonchev–Trinajstić information content (AvgIpc) is 1.74. The molecule has 10 N–H and O–H groups in total. The van der Waals surface area contributed by atoms with Crippen molar-refractivity contribution in [1.82, 2.24) is 31.9 Å². The van der Waals surface area contributed by atoms with Crippen LogP contribution < -0.4 is 42.4 Å². The van der Waals surface area contributed by atoms with Crippen LogP contribution in [0.25, 0.3) is 0 Å². The highest BCUT2D eigenvalue weighted by Gasteiger charge is 2.62. The molecule has 1 aliphatic heterocycles. The molecule has 1 saturated carbocycles. The Morgan fingerprint density at radius 1 is 0.719 bits per heavy atom. The molecule has 0 bridgehead atoms. The molecule has 1 heterocycles. The van der Waals surface area contributed by atoms with Gasteiger partial charge in [0.2, 0.25) is 41.4 Å². The van der Waals surface area contributed by atoms with Crippen molar-refractivity contribution >= 4 is 70.5 Å². The van der Waals surface area contributed by atoms with Crippen LogP contribution in [0.3, 0.4) is 0 Å². The smallest absolute Gasteiger partial charge is 0.329 e. The molecule has 0 aromatic heterocycles. The quantitative estimate of drug-likeness (QED) is 0.0429. The van der Waals surface area contributed by atoms with Gasteiger partial charge in [0.05, 0.1) is 56.5 Å². The zero-order valence-corrected chi connectivity index (χ0v) is 54.5. The summed E-state index contributed by atoms with van der Waals surface area (Å²) in [7, 11) is 1.55. The Bertz CT molecular complexity index is 2620. The van der Waals surface area contributed by atoms with E-state index in [-0.39, 0.29) is 37.5 Å². The summed E-state index contributed by atoms with van der Waals surface area (Å²) >= 11 is 0. The third kappa shape index (κ3) is 22.0. The number of carbonyl (C=O) groups excluding carboxylic acids is 12. The van der Waals surface area contributed by atoms with E-state index >= 15 is 0 Å². The molecule has 1 spiro atoms. The van der Waals surface area contributed by atoms with E-state index in [1.54, 1.807) is 67.7 Å². The van der Waals surface area contributed by atoms with Crippen LogP contribution in [-0.4, -0.2) is 149 Å². The number of nitrogens with one attached hydrogen (secondary N) is 6. The van der Waals surface area contributed by atoms with Gasteiger partial charge in [0.15, 0.2) is 23.1 Å². The van der Waals surface area contributed by atoms with E-state index in [9.17, 15) is 72.1 Å². The van der Waals surface area contributed by atoms with Crippen LogP contribution >= 0.6 is 0 Å². The lowest BCUT2D eigenvalue weighted by molar-refractivity contribution is -0.157. The van der Waals surface area contributed by atoms with E-state index in [0.29, 0.717) is 44.3 Å². The molecule has 18 atom stereocenters. The van der Waals surface area contributed by atoms with Gasteiger partial charge in [-0.2, -0.15) is 0 Å². The second kappa shape index (κ2) is 36.2. The van der Waals surface area contributed by atoms with Crippen molar-refractivity contribution in [2.24, 2.45) is 64.9 Å². The van der Waals surface area contributed by atoms with E-state index in [2.05, 4.69) is 31.9 Å². The zero-order chi connectivity index (χ0) is 67.2. The maximum Gasteiger partial charge on any atom is 0.329 e. The lowest BCUT2D eigenvalue weighted by Gasteiger charge is -2.30. The number of ketones is 4. The summed E-state index contributed by atoms with van der Waals surface area (Å²) in [6.07, 6.45) is -3.21. The maximum atomic E-state index is 14.5. The molecular weight excluding hydrogens is 1150 g/mol. The van der Waals surface area contributed by atoms with Gasteiger partial charge in [0, 0.05) is 49.9 Å². The van der Waals surface area contributed by atoms with Gasteiger partial charge in [0.1, 0.15) is 29.5 Å². The van der Waals surface area contributed by atoms with Gasteiger partial charge in [-0.1, -0.05) is 107 Å². The number of carbonyl (C=O) groups is 12. The first-order valence-corrected chi connectivity index (χ1v) is 31.8. The number of aliphatic hydroxyl groups excluding tert-OH is 2. The molecule has 1 aliphatic carbocycles. The monoisotopic (exact) mass is 1260 g/mol. The molecule has 23 nitrogen and oxygen atoms in total. The minimum absolute atomic E-state index is 0.0482. The highest BCUT2D eigenvalue weighted by Crippen LogP contribution is 2.48. The molecule has 1 unspecified atom stereocenters. The molecule has 2 fully saturated rings. The minimum Gasteiger partial charge on any atom is -0.497 e. The van der Waals surface area contributed by atoms with Crippen LogP contribution in [0.4, 0.5) is 4.39 Å². The van der Waals surface area contributed by atoms with Crippen molar-refractivity contribution in [3.8, 4) is 5.75 Å². The lowest BCUT2D eigenvalue weighted by atomic mass is 9.83. The summed E-state index contributed by atoms with van der Waals surface area (Å²) in [6, 6.07) is 0.608. The second-order valence-electron chi connectivity index (χ2n) is 25.1. The number of alkyl halides is 1. The first-order valence-electron chi connectivity index (χ1n) is 31.8. The first-order chi connectivity index (χ1) is 41.9. The molecule has 1 saturated heterocycles. The van der Waals surface area contributed by atoms with E-state index in [0.717, 1.165) is 5.56 Å². The summed E-state index contributed by atoms with van der Waals surface area (Å²) in [5, 5.41) is 37.4. The predicted molar refractivity (Wildman–Crippen MR) is 328 cm³/mol. The SMILES string of the molecule is CC[C@H](Cc1ccc(OC)cc1)C(=O)N[C@H](C(=O)C[C@@H](CO)C(=O)N[C@H](CCC(N)=O)C(=O)C[C@@H](C(=O)N[C@H](C(=O)C[C@@H](CO)C(=O)N[C@H]1C(=O)C[C@@H](C)C(=O)N[C@@]2(C[C@H]2CC(C)F)C(=O)N[C@@H]([C@@H](C)CC)C(=O)O[C@H]1C)[C@@H](C)CC)[C@@H](C)CC)[C@@H](C)CC. The molecule has 2 aliphatic rings. The number of esters is 1. The Balaban J connectivity index is 1.85. The number of primary amides is 1. The Morgan fingerprint density at radius 3 is 1.75 bits per heavy atom. The molecule has 24 heteroatoms. The number of aliphatic hydroxyl groups is 2. The number of hydrogen-bond acceptors (Lipinski definition) is 16. The molecule has 1 aromatic rings. The minimum atomic E-state index is -1.63. The van der Waals surface area contributed by atoms with Crippen molar-refractivity contribution in [2.75, 3.05) is 20.3 Å². The normalized spacial score (nSPS) is 23.8. The molecule has 1 aromatic carbocycles. The van der Waals surface area contributed by atoms with E-state index < -0.39 is 205 Å². The molecule has 0 radical (unpaired) electrons. The van der Waals surface area contributed by atoms with Gasteiger partial charge in [-0.15, -0.1) is 0 Å². The molecule has 3 rings (SSSR count). The van der Waals surface area contributed by atoms with Gasteiger partial charge < -0.3 is 57.3 Å². The van der Waals surface area contributed by atoms with E-state index in [1.807, 2.05) is 26.0 Å². The molecular formula is C65H102FN7O16. The zero-order valence-electron chi connectivity index (χ0n) is 54.5. The second-order valence-corrected chi connectivity index (χ2v) is 25.1. The molecule has 500 valence electrons. The van der Waals surface area contributed by atoms with Crippen molar-refractivity contribution in [1.29, 1.82) is 0 Å². The number of cyclic esters (lactones) is 1. The maximum absolute atomic E-state index is 14.5. The van der Waals surface area contributed by atoms with Crippen molar-refractivity contribution in [3.05, 3.63) is 29.8 Å². The van der Waals surface area contributed by atoms with Crippen molar-refractivity contribution in [2.45, 2.75) is 221 Å².